The fourth-order valence-electron chi connectivity index (χ4n) is 2.91. The van der Waals surface area contributed by atoms with Gasteiger partial charge >= 0.3 is 5.97 Å². The van der Waals surface area contributed by atoms with Crippen molar-refractivity contribution in [2.24, 2.45) is 0 Å². The zero-order chi connectivity index (χ0) is 15.6. The number of hydrogen-bond donors (Lipinski definition) is 1. The van der Waals surface area contributed by atoms with E-state index < -0.39 is 5.97 Å². The third kappa shape index (κ3) is 2.93. The van der Waals surface area contributed by atoms with Crippen LogP contribution in [0.15, 0.2) is 24.3 Å². The predicted molar refractivity (Wildman–Crippen MR) is 80.6 cm³/mol. The van der Waals surface area contributed by atoms with Crippen molar-refractivity contribution in [1.82, 2.24) is 9.80 Å². The maximum Gasteiger partial charge on any atom is 0.336 e. The van der Waals surface area contributed by atoms with E-state index in [4.69, 9.17) is 0 Å². The summed E-state index contributed by atoms with van der Waals surface area (Å²) in [5.74, 6) is -1.31. The van der Waals surface area contributed by atoms with E-state index in [2.05, 4.69) is 4.90 Å². The third-order valence-electron chi connectivity index (χ3n) is 4.50. The van der Waals surface area contributed by atoms with Gasteiger partial charge in [0.1, 0.15) is 0 Å². The van der Waals surface area contributed by atoms with Crippen LogP contribution >= 0.6 is 0 Å². The normalized spacial score (nSPS) is 16.4. The second-order valence-electron chi connectivity index (χ2n) is 5.98. The number of carbonyl (C=O) groups is 2. The molecule has 0 atom stereocenters. The highest BCUT2D eigenvalue weighted by atomic mass is 16.4. The molecule has 1 fully saturated rings. The highest BCUT2D eigenvalue weighted by Gasteiger charge is 2.40. The minimum Gasteiger partial charge on any atom is -0.478 e. The van der Waals surface area contributed by atoms with Gasteiger partial charge in [-0.2, -0.15) is 0 Å². The van der Waals surface area contributed by atoms with Crippen LogP contribution in [0.2, 0.25) is 0 Å². The Balaban J connectivity index is 2.18. The zero-order valence-electron chi connectivity index (χ0n) is 12.8. The number of aromatic carboxylic acids is 1. The molecule has 21 heavy (non-hydrogen) atoms. The molecule has 0 aromatic heterocycles. The summed E-state index contributed by atoms with van der Waals surface area (Å²) in [6.07, 6.45) is 3.31. The fraction of sp³-hybridized carbons (Fsp3) is 0.500. The molecule has 0 saturated heterocycles. The molecule has 0 aliphatic heterocycles. The van der Waals surface area contributed by atoms with Gasteiger partial charge in [0.05, 0.1) is 11.1 Å². The summed E-state index contributed by atoms with van der Waals surface area (Å²) in [4.78, 5) is 27.6. The van der Waals surface area contributed by atoms with Crippen LogP contribution in [0.5, 0.6) is 0 Å². The minimum atomic E-state index is -1.07. The largest absolute Gasteiger partial charge is 0.478 e. The molecule has 0 bridgehead atoms. The lowest BCUT2D eigenvalue weighted by atomic mass is 9.75. The van der Waals surface area contributed by atoms with Crippen LogP contribution < -0.4 is 0 Å². The first-order valence-corrected chi connectivity index (χ1v) is 7.12. The Bertz CT molecular complexity index is 550. The van der Waals surface area contributed by atoms with Crippen molar-refractivity contribution in [3.05, 3.63) is 35.4 Å². The van der Waals surface area contributed by atoms with Gasteiger partial charge in [-0.15, -0.1) is 0 Å². The lowest BCUT2D eigenvalue weighted by Gasteiger charge is -2.49. The van der Waals surface area contributed by atoms with E-state index >= 15 is 0 Å². The maximum absolute atomic E-state index is 12.6. The Morgan fingerprint density at radius 3 is 2.14 bits per heavy atom. The molecule has 0 spiro atoms. The van der Waals surface area contributed by atoms with Gasteiger partial charge in [0.25, 0.3) is 5.91 Å². The van der Waals surface area contributed by atoms with E-state index in [0.717, 1.165) is 12.8 Å². The fourth-order valence-corrected chi connectivity index (χ4v) is 2.91. The van der Waals surface area contributed by atoms with Crippen molar-refractivity contribution < 1.29 is 14.7 Å². The summed E-state index contributed by atoms with van der Waals surface area (Å²) in [7, 11) is 5.80. The Kier molecular flexibility index (Phi) is 4.32. The Morgan fingerprint density at radius 2 is 1.71 bits per heavy atom. The first kappa shape index (κ1) is 15.5. The zero-order valence-corrected chi connectivity index (χ0v) is 12.8. The van der Waals surface area contributed by atoms with Crippen LogP contribution in [0, 0.1) is 0 Å². The first-order valence-electron chi connectivity index (χ1n) is 7.12. The molecule has 1 aromatic carbocycles. The lowest BCUT2D eigenvalue weighted by molar-refractivity contribution is 0.0251. The summed E-state index contributed by atoms with van der Waals surface area (Å²) in [5, 5.41) is 9.20. The molecule has 0 unspecified atom stereocenters. The Morgan fingerprint density at radius 1 is 1.14 bits per heavy atom. The highest BCUT2D eigenvalue weighted by molar-refractivity contribution is 6.04. The van der Waals surface area contributed by atoms with Crippen LogP contribution in [0.25, 0.3) is 0 Å². The first-order chi connectivity index (χ1) is 9.87. The van der Waals surface area contributed by atoms with E-state index in [0.29, 0.717) is 6.54 Å². The van der Waals surface area contributed by atoms with Crippen molar-refractivity contribution in [1.29, 1.82) is 0 Å². The van der Waals surface area contributed by atoms with Crippen molar-refractivity contribution in [2.75, 3.05) is 27.7 Å². The molecule has 5 nitrogen and oxygen atoms in total. The molecule has 0 radical (unpaired) electrons. The second kappa shape index (κ2) is 5.85. The molecular formula is C16H22N2O3. The number of hydrogen-bond acceptors (Lipinski definition) is 3. The van der Waals surface area contributed by atoms with Crippen LogP contribution in [0.1, 0.15) is 40.0 Å². The maximum atomic E-state index is 12.6. The smallest absolute Gasteiger partial charge is 0.336 e. The molecule has 1 aliphatic carbocycles. The van der Waals surface area contributed by atoms with Gasteiger partial charge in [-0.05, 0) is 45.5 Å². The predicted octanol–water partition coefficient (Wildman–Crippen LogP) is 1.94. The monoisotopic (exact) mass is 290 g/mol. The summed E-state index contributed by atoms with van der Waals surface area (Å²) in [6, 6.07) is 6.37. The van der Waals surface area contributed by atoms with E-state index in [1.165, 1.54) is 12.5 Å². The molecule has 1 amide bonds. The SMILES string of the molecule is CN(CC1(N(C)C)CCC1)C(=O)c1ccccc1C(=O)O. The van der Waals surface area contributed by atoms with E-state index in [-0.39, 0.29) is 22.6 Å². The van der Waals surface area contributed by atoms with Gasteiger partial charge in [0.2, 0.25) is 0 Å². The standard InChI is InChI=1S/C16H22N2O3/c1-17(2)16(9-6-10-16)11-18(3)14(19)12-7-4-5-8-13(12)15(20)21/h4-5,7-8H,6,9-11H2,1-3H3,(H,20,21). The topological polar surface area (TPSA) is 60.9 Å². The molecule has 2 rings (SSSR count). The van der Waals surface area contributed by atoms with Crippen LogP contribution in [-0.2, 0) is 0 Å². The quantitative estimate of drug-likeness (QED) is 0.900. The number of rotatable bonds is 5. The third-order valence-corrected chi connectivity index (χ3v) is 4.50. The lowest BCUT2D eigenvalue weighted by Crippen LogP contribution is -2.57. The van der Waals surface area contributed by atoms with Gasteiger partial charge in [-0.3, -0.25) is 4.79 Å². The van der Waals surface area contributed by atoms with Crippen molar-refractivity contribution in [3.63, 3.8) is 0 Å². The summed E-state index contributed by atoms with van der Waals surface area (Å²) in [5.41, 5.74) is 0.338. The Hall–Kier alpha value is -1.88. The van der Waals surface area contributed by atoms with Gasteiger partial charge < -0.3 is 14.9 Å². The van der Waals surface area contributed by atoms with E-state index in [9.17, 15) is 14.7 Å². The number of carboxylic acids is 1. The number of likely N-dealkylation sites (N-methyl/N-ethyl adjacent to an activating group) is 2. The molecule has 1 aliphatic rings. The molecule has 1 saturated carbocycles. The Labute approximate surface area is 125 Å². The summed E-state index contributed by atoms with van der Waals surface area (Å²) < 4.78 is 0. The molecule has 1 aromatic rings. The molecule has 114 valence electrons. The number of nitrogens with zero attached hydrogens (tertiary/aromatic N) is 2. The second-order valence-corrected chi connectivity index (χ2v) is 5.98. The van der Waals surface area contributed by atoms with Gasteiger partial charge in [-0.1, -0.05) is 12.1 Å². The molecule has 5 heteroatoms. The van der Waals surface area contributed by atoms with Crippen molar-refractivity contribution in [2.45, 2.75) is 24.8 Å². The van der Waals surface area contributed by atoms with E-state index in [1.54, 1.807) is 30.1 Å². The number of benzene rings is 1. The van der Waals surface area contributed by atoms with Crippen molar-refractivity contribution in [3.8, 4) is 0 Å². The summed E-state index contributed by atoms with van der Waals surface area (Å²) in [6.45, 7) is 0.618. The molecule has 1 N–H and O–H groups in total. The number of amides is 1. The number of carbonyl (C=O) groups excluding carboxylic acids is 1. The van der Waals surface area contributed by atoms with Gasteiger partial charge in [0.15, 0.2) is 0 Å². The average Bonchev–Trinajstić information content (AvgIpc) is 2.41. The molecular weight excluding hydrogens is 268 g/mol. The molecule has 0 heterocycles. The summed E-state index contributed by atoms with van der Waals surface area (Å²) >= 11 is 0. The van der Waals surface area contributed by atoms with Crippen LogP contribution in [-0.4, -0.2) is 60.0 Å². The van der Waals surface area contributed by atoms with Crippen molar-refractivity contribution >= 4 is 11.9 Å². The number of carboxylic acid groups (broad SMARTS) is 1. The van der Waals surface area contributed by atoms with Gasteiger partial charge in [0, 0.05) is 19.1 Å². The average molecular weight is 290 g/mol. The van der Waals surface area contributed by atoms with Crippen LogP contribution in [0.3, 0.4) is 0 Å². The van der Waals surface area contributed by atoms with Crippen LogP contribution in [0.4, 0.5) is 0 Å². The van der Waals surface area contributed by atoms with Gasteiger partial charge in [-0.25, -0.2) is 4.79 Å². The highest BCUT2D eigenvalue weighted by Crippen LogP contribution is 2.36. The minimum absolute atomic E-state index is 0.0303. The van der Waals surface area contributed by atoms with E-state index in [1.807, 2.05) is 14.1 Å².